The molecule has 0 aromatic rings. The van der Waals surface area contributed by atoms with Crippen LogP contribution >= 0.6 is 0 Å². The average Bonchev–Trinajstić information content (AvgIpc) is 2.52. The van der Waals surface area contributed by atoms with E-state index in [1.807, 2.05) is 6.92 Å². The lowest BCUT2D eigenvalue weighted by Crippen LogP contribution is -2.31. The van der Waals surface area contributed by atoms with Crippen LogP contribution in [0.25, 0.3) is 0 Å². The first-order valence-corrected chi connectivity index (χ1v) is 3.80. The van der Waals surface area contributed by atoms with E-state index in [1.54, 1.807) is 0 Å². The van der Waals surface area contributed by atoms with Gasteiger partial charge in [-0.2, -0.15) is 0 Å². The quantitative estimate of drug-likeness (QED) is 0.622. The minimum atomic E-state index is -0.190. The second kappa shape index (κ2) is 3.95. The van der Waals surface area contributed by atoms with Crippen LogP contribution in [0.5, 0.6) is 0 Å². The second-order valence-electron chi connectivity index (χ2n) is 2.29. The van der Waals surface area contributed by atoms with Crippen LogP contribution in [0.15, 0.2) is 4.99 Å². The van der Waals surface area contributed by atoms with Gasteiger partial charge in [0.1, 0.15) is 6.61 Å². The van der Waals surface area contributed by atoms with Gasteiger partial charge in [0, 0.05) is 6.54 Å². The van der Waals surface area contributed by atoms with E-state index in [4.69, 9.17) is 4.74 Å². The van der Waals surface area contributed by atoms with Crippen molar-refractivity contribution in [1.82, 2.24) is 5.32 Å². The fraction of sp³-hybridized carbons (Fsp3) is 0.714. The molecule has 0 saturated heterocycles. The van der Waals surface area contributed by atoms with Crippen molar-refractivity contribution in [2.24, 2.45) is 4.99 Å². The summed E-state index contributed by atoms with van der Waals surface area (Å²) in [5.41, 5.74) is 0. The Hall–Kier alpha value is -1.06. The SMILES string of the molecule is CCCNC(=O)C1=NCCO1. The first kappa shape index (κ1) is 8.04. The Morgan fingerprint density at radius 2 is 2.64 bits per heavy atom. The summed E-state index contributed by atoms with van der Waals surface area (Å²) in [6, 6.07) is 0. The van der Waals surface area contributed by atoms with Crippen LogP contribution in [0, 0.1) is 0 Å². The summed E-state index contributed by atoms with van der Waals surface area (Å²) in [6.07, 6.45) is 0.930. The topological polar surface area (TPSA) is 50.7 Å². The van der Waals surface area contributed by atoms with Crippen molar-refractivity contribution in [2.75, 3.05) is 19.7 Å². The molecule has 0 spiro atoms. The molecule has 11 heavy (non-hydrogen) atoms. The van der Waals surface area contributed by atoms with E-state index in [0.29, 0.717) is 19.7 Å². The zero-order valence-corrected chi connectivity index (χ0v) is 6.59. The molecule has 4 nitrogen and oxygen atoms in total. The van der Waals surface area contributed by atoms with Crippen LogP contribution in [0.3, 0.4) is 0 Å². The maximum absolute atomic E-state index is 11.0. The second-order valence-corrected chi connectivity index (χ2v) is 2.29. The van der Waals surface area contributed by atoms with Gasteiger partial charge < -0.3 is 10.1 Å². The van der Waals surface area contributed by atoms with Crippen molar-refractivity contribution in [3.8, 4) is 0 Å². The summed E-state index contributed by atoms with van der Waals surface area (Å²) in [4.78, 5) is 14.9. The molecule has 0 aromatic carbocycles. The highest BCUT2D eigenvalue weighted by molar-refractivity contribution is 6.35. The van der Waals surface area contributed by atoms with E-state index in [1.165, 1.54) is 0 Å². The molecule has 0 bridgehead atoms. The molecule has 0 aromatic heterocycles. The number of aliphatic imine (C=N–C) groups is 1. The van der Waals surface area contributed by atoms with Crippen LogP contribution in [-0.4, -0.2) is 31.5 Å². The number of rotatable bonds is 3. The lowest BCUT2D eigenvalue weighted by Gasteiger charge is -2.01. The van der Waals surface area contributed by atoms with E-state index < -0.39 is 0 Å². The number of carbonyl (C=O) groups is 1. The lowest BCUT2D eigenvalue weighted by molar-refractivity contribution is -0.116. The van der Waals surface area contributed by atoms with Gasteiger partial charge in [0.25, 0.3) is 5.90 Å². The third-order valence-corrected chi connectivity index (χ3v) is 1.32. The minimum absolute atomic E-state index is 0.190. The highest BCUT2D eigenvalue weighted by Crippen LogP contribution is 1.93. The standard InChI is InChI=1S/C7H12N2O2/c1-2-3-8-6(10)7-9-4-5-11-7/h2-5H2,1H3,(H,8,10). The highest BCUT2D eigenvalue weighted by Gasteiger charge is 2.15. The molecule has 1 amide bonds. The van der Waals surface area contributed by atoms with Gasteiger partial charge in [-0.05, 0) is 6.42 Å². The van der Waals surface area contributed by atoms with E-state index in [0.717, 1.165) is 6.42 Å². The third-order valence-electron chi connectivity index (χ3n) is 1.32. The number of ether oxygens (including phenoxy) is 1. The molecule has 0 aliphatic carbocycles. The van der Waals surface area contributed by atoms with Gasteiger partial charge in [-0.25, -0.2) is 4.99 Å². The van der Waals surface area contributed by atoms with E-state index in [2.05, 4.69) is 10.3 Å². The van der Waals surface area contributed by atoms with Gasteiger partial charge in [-0.1, -0.05) is 6.92 Å². The Balaban J connectivity index is 2.29. The smallest absolute Gasteiger partial charge is 0.306 e. The Morgan fingerprint density at radius 1 is 1.82 bits per heavy atom. The molecule has 0 unspecified atom stereocenters. The van der Waals surface area contributed by atoms with Gasteiger partial charge in [-0.15, -0.1) is 0 Å². The molecule has 0 fully saturated rings. The monoisotopic (exact) mass is 156 g/mol. The Morgan fingerprint density at radius 3 is 3.18 bits per heavy atom. The fourth-order valence-corrected chi connectivity index (χ4v) is 0.787. The molecular weight excluding hydrogens is 144 g/mol. The van der Waals surface area contributed by atoms with Gasteiger partial charge in [0.2, 0.25) is 0 Å². The predicted octanol–water partition coefficient (Wildman–Crippen LogP) is -0.0587. The number of nitrogens with zero attached hydrogens (tertiary/aromatic N) is 1. The van der Waals surface area contributed by atoms with E-state index >= 15 is 0 Å². The summed E-state index contributed by atoms with van der Waals surface area (Å²) in [5, 5.41) is 2.68. The zero-order chi connectivity index (χ0) is 8.10. The predicted molar refractivity (Wildman–Crippen MR) is 41.6 cm³/mol. The number of amides is 1. The van der Waals surface area contributed by atoms with Crippen molar-refractivity contribution in [2.45, 2.75) is 13.3 Å². The van der Waals surface area contributed by atoms with Crippen LogP contribution in [0.1, 0.15) is 13.3 Å². The van der Waals surface area contributed by atoms with Crippen molar-refractivity contribution >= 4 is 11.8 Å². The molecule has 0 radical (unpaired) electrons. The summed E-state index contributed by atoms with van der Waals surface area (Å²) in [6.45, 7) is 3.82. The highest BCUT2D eigenvalue weighted by atomic mass is 16.5. The molecule has 1 heterocycles. The van der Waals surface area contributed by atoms with Gasteiger partial charge >= 0.3 is 5.91 Å². The number of hydrogen-bond donors (Lipinski definition) is 1. The van der Waals surface area contributed by atoms with E-state index in [9.17, 15) is 4.79 Å². The van der Waals surface area contributed by atoms with Crippen LogP contribution < -0.4 is 5.32 Å². The van der Waals surface area contributed by atoms with Crippen molar-refractivity contribution in [1.29, 1.82) is 0 Å². The maximum Gasteiger partial charge on any atom is 0.306 e. The summed E-state index contributed by atoms with van der Waals surface area (Å²) < 4.78 is 4.95. The number of nitrogens with one attached hydrogen (secondary N) is 1. The number of hydrogen-bond acceptors (Lipinski definition) is 3. The Kier molecular flexibility index (Phi) is 2.89. The fourth-order valence-electron chi connectivity index (χ4n) is 0.787. The molecule has 1 aliphatic rings. The lowest BCUT2D eigenvalue weighted by atomic mass is 10.4. The van der Waals surface area contributed by atoms with Crippen molar-refractivity contribution in [3.63, 3.8) is 0 Å². The largest absolute Gasteiger partial charge is 0.472 e. The van der Waals surface area contributed by atoms with Gasteiger partial charge in [-0.3, -0.25) is 4.79 Å². The molecule has 4 heteroatoms. The molecule has 1 rings (SSSR count). The molecule has 0 saturated carbocycles. The Labute approximate surface area is 65.6 Å². The molecule has 0 atom stereocenters. The molecule has 1 aliphatic heterocycles. The van der Waals surface area contributed by atoms with Crippen molar-refractivity contribution < 1.29 is 9.53 Å². The Bertz CT molecular complexity index is 177. The normalized spacial score (nSPS) is 15.5. The first-order valence-electron chi connectivity index (χ1n) is 3.80. The van der Waals surface area contributed by atoms with E-state index in [-0.39, 0.29) is 11.8 Å². The molecular formula is C7H12N2O2. The van der Waals surface area contributed by atoms with Crippen molar-refractivity contribution in [3.05, 3.63) is 0 Å². The zero-order valence-electron chi connectivity index (χ0n) is 6.59. The number of carbonyl (C=O) groups excluding carboxylic acids is 1. The third kappa shape index (κ3) is 2.22. The van der Waals surface area contributed by atoms with Crippen LogP contribution in [-0.2, 0) is 9.53 Å². The van der Waals surface area contributed by atoms with Gasteiger partial charge in [0.15, 0.2) is 0 Å². The summed E-state index contributed by atoms with van der Waals surface area (Å²) in [7, 11) is 0. The van der Waals surface area contributed by atoms with Crippen LogP contribution in [0.2, 0.25) is 0 Å². The van der Waals surface area contributed by atoms with Gasteiger partial charge in [0.05, 0.1) is 6.54 Å². The molecule has 1 N–H and O–H groups in total. The maximum atomic E-state index is 11.0. The first-order chi connectivity index (χ1) is 5.34. The summed E-state index contributed by atoms with van der Waals surface area (Å²) >= 11 is 0. The minimum Gasteiger partial charge on any atom is -0.472 e. The van der Waals surface area contributed by atoms with Crippen LogP contribution in [0.4, 0.5) is 0 Å². The summed E-state index contributed by atoms with van der Waals surface area (Å²) in [5.74, 6) is 0.0443. The molecule has 62 valence electrons. The average molecular weight is 156 g/mol.